The fourth-order valence-electron chi connectivity index (χ4n) is 2.97. The van der Waals surface area contributed by atoms with Gasteiger partial charge in [-0.25, -0.2) is 8.42 Å². The maximum atomic E-state index is 12.6. The molecule has 0 saturated carbocycles. The second kappa shape index (κ2) is 6.77. The zero-order valence-electron chi connectivity index (χ0n) is 13.7. The fourth-order valence-corrected chi connectivity index (χ4v) is 4.40. The van der Waals surface area contributed by atoms with Crippen LogP contribution >= 0.6 is 0 Å². The third kappa shape index (κ3) is 3.36. The molecule has 126 valence electrons. The number of hydrogen-bond acceptors (Lipinski definition) is 3. The third-order valence-electron chi connectivity index (χ3n) is 4.43. The monoisotopic (exact) mass is 343 g/mol. The van der Waals surface area contributed by atoms with Crippen LogP contribution in [0.1, 0.15) is 24.5 Å². The second-order valence-corrected chi connectivity index (χ2v) is 8.08. The Balaban J connectivity index is 1.73. The molecule has 1 heterocycles. The third-order valence-corrected chi connectivity index (χ3v) is 6.17. The quantitative estimate of drug-likeness (QED) is 0.857. The molecule has 2 aromatic carbocycles. The van der Waals surface area contributed by atoms with E-state index in [0.29, 0.717) is 18.5 Å². The van der Waals surface area contributed by atoms with Gasteiger partial charge in [-0.2, -0.15) is 0 Å². The molecular weight excluding hydrogens is 322 g/mol. The minimum atomic E-state index is -3.28. The molecule has 0 radical (unpaired) electrons. The van der Waals surface area contributed by atoms with Crippen LogP contribution in [0.2, 0.25) is 0 Å². The molecule has 5 heteroatoms. The number of hydrogen-bond donors (Lipinski definition) is 0. The molecule has 0 fully saturated rings. The lowest BCUT2D eigenvalue weighted by Crippen LogP contribution is -2.39. The molecule has 0 atom stereocenters. The first-order valence-corrected chi connectivity index (χ1v) is 9.86. The molecule has 1 aliphatic rings. The Kier molecular flexibility index (Phi) is 4.71. The van der Waals surface area contributed by atoms with Gasteiger partial charge in [0.05, 0.1) is 16.3 Å². The van der Waals surface area contributed by atoms with E-state index in [4.69, 9.17) is 0 Å². The van der Waals surface area contributed by atoms with Crippen molar-refractivity contribution in [2.24, 2.45) is 0 Å². The molecule has 0 unspecified atom stereocenters. The van der Waals surface area contributed by atoms with Crippen LogP contribution in [0.3, 0.4) is 0 Å². The summed E-state index contributed by atoms with van der Waals surface area (Å²) < 4.78 is 24.3. The number of rotatable bonds is 4. The van der Waals surface area contributed by atoms with Crippen LogP contribution in [0.5, 0.6) is 0 Å². The van der Waals surface area contributed by atoms with Crippen LogP contribution in [-0.4, -0.2) is 26.6 Å². The van der Waals surface area contributed by atoms with Crippen molar-refractivity contribution in [1.82, 2.24) is 0 Å². The van der Waals surface area contributed by atoms with E-state index in [0.717, 1.165) is 12.0 Å². The minimum Gasteiger partial charge on any atom is -0.310 e. The summed E-state index contributed by atoms with van der Waals surface area (Å²) in [5, 5.41) is 0. The van der Waals surface area contributed by atoms with Crippen LogP contribution in [0.4, 0.5) is 5.69 Å². The molecule has 0 aliphatic carbocycles. The molecule has 0 saturated heterocycles. The van der Waals surface area contributed by atoms with Crippen LogP contribution < -0.4 is 4.90 Å². The number of aryl methyl sites for hydroxylation is 2. The van der Waals surface area contributed by atoms with Crippen molar-refractivity contribution >= 4 is 21.4 Å². The normalized spacial score (nSPS) is 15.8. The molecule has 4 nitrogen and oxygen atoms in total. The van der Waals surface area contributed by atoms with E-state index in [2.05, 4.69) is 31.2 Å². The maximum absolute atomic E-state index is 12.6. The van der Waals surface area contributed by atoms with Gasteiger partial charge in [0.2, 0.25) is 5.91 Å². The Labute approximate surface area is 143 Å². The van der Waals surface area contributed by atoms with Gasteiger partial charge in [-0.1, -0.05) is 43.3 Å². The number of nitrogens with zero attached hydrogens (tertiary/aromatic N) is 1. The molecule has 0 aromatic heterocycles. The number of para-hydroxylation sites is 1. The summed E-state index contributed by atoms with van der Waals surface area (Å²) in [6.07, 6.45) is 2.03. The number of fused-ring (bicyclic) bond motifs is 1. The van der Waals surface area contributed by atoms with Crippen molar-refractivity contribution in [3.05, 3.63) is 59.7 Å². The van der Waals surface area contributed by atoms with Gasteiger partial charge in [-0.3, -0.25) is 4.79 Å². The number of carbonyl (C=O) groups is 1. The van der Waals surface area contributed by atoms with E-state index in [1.165, 1.54) is 5.56 Å². The summed E-state index contributed by atoms with van der Waals surface area (Å²) in [7, 11) is -3.28. The highest BCUT2D eigenvalue weighted by Crippen LogP contribution is 2.30. The van der Waals surface area contributed by atoms with Crippen molar-refractivity contribution in [2.75, 3.05) is 17.2 Å². The highest BCUT2D eigenvalue weighted by atomic mass is 32.2. The summed E-state index contributed by atoms with van der Waals surface area (Å²) in [6.45, 7) is 2.34. The first kappa shape index (κ1) is 16.7. The van der Waals surface area contributed by atoms with Gasteiger partial charge in [0.25, 0.3) is 0 Å². The van der Waals surface area contributed by atoms with Crippen LogP contribution in [-0.2, 0) is 27.5 Å². The number of sulfone groups is 1. The van der Waals surface area contributed by atoms with Crippen LogP contribution in [0, 0.1) is 0 Å². The average molecular weight is 343 g/mol. The number of amides is 1. The molecule has 0 spiro atoms. The van der Waals surface area contributed by atoms with Gasteiger partial charge in [-0.05, 0) is 36.1 Å². The molecule has 2 aromatic rings. The van der Waals surface area contributed by atoms with E-state index in [1.807, 2.05) is 0 Å². The summed E-state index contributed by atoms with van der Waals surface area (Å²) in [5.74, 6) is -0.0436. The molecule has 1 aliphatic heterocycles. The van der Waals surface area contributed by atoms with Crippen molar-refractivity contribution in [1.29, 1.82) is 0 Å². The topological polar surface area (TPSA) is 54.5 Å². The van der Waals surface area contributed by atoms with Gasteiger partial charge in [0, 0.05) is 13.0 Å². The van der Waals surface area contributed by atoms with Crippen LogP contribution in [0.25, 0.3) is 0 Å². The van der Waals surface area contributed by atoms with E-state index >= 15 is 0 Å². The molecule has 24 heavy (non-hydrogen) atoms. The smallest absolute Gasteiger partial charge is 0.227 e. The number of anilines is 1. The summed E-state index contributed by atoms with van der Waals surface area (Å²) in [6, 6.07) is 15.0. The Morgan fingerprint density at radius 2 is 1.71 bits per heavy atom. The maximum Gasteiger partial charge on any atom is 0.227 e. The van der Waals surface area contributed by atoms with E-state index in [1.54, 1.807) is 29.2 Å². The lowest BCUT2D eigenvalue weighted by molar-refractivity contribution is -0.118. The summed E-state index contributed by atoms with van der Waals surface area (Å²) in [4.78, 5) is 14.5. The highest BCUT2D eigenvalue weighted by molar-refractivity contribution is 7.91. The zero-order chi connectivity index (χ0) is 17.2. The van der Waals surface area contributed by atoms with Gasteiger partial charge >= 0.3 is 0 Å². The number of carbonyl (C=O) groups excluding carboxylic acids is 1. The summed E-state index contributed by atoms with van der Waals surface area (Å²) >= 11 is 0. The summed E-state index contributed by atoms with van der Waals surface area (Å²) in [5.41, 5.74) is 2.91. The lowest BCUT2D eigenvalue weighted by Gasteiger charge is -2.29. The first-order chi connectivity index (χ1) is 11.5. The van der Waals surface area contributed by atoms with Crippen molar-refractivity contribution < 1.29 is 13.2 Å². The van der Waals surface area contributed by atoms with Gasteiger partial charge < -0.3 is 4.90 Å². The Morgan fingerprint density at radius 3 is 2.42 bits per heavy atom. The molecule has 1 amide bonds. The van der Waals surface area contributed by atoms with Crippen molar-refractivity contribution in [3.63, 3.8) is 0 Å². The Morgan fingerprint density at radius 1 is 1.04 bits per heavy atom. The minimum absolute atomic E-state index is 0.0129. The van der Waals surface area contributed by atoms with E-state index in [-0.39, 0.29) is 23.1 Å². The predicted octanol–water partition coefficient (Wildman–Crippen LogP) is 3.00. The lowest BCUT2D eigenvalue weighted by atomic mass is 10.1. The predicted molar refractivity (Wildman–Crippen MR) is 95.0 cm³/mol. The molecule has 0 N–H and O–H groups in total. The Bertz CT molecular complexity index is 841. The fraction of sp³-hybridized carbons (Fsp3) is 0.316. The van der Waals surface area contributed by atoms with E-state index < -0.39 is 9.84 Å². The Hall–Kier alpha value is -2.14. The van der Waals surface area contributed by atoms with Gasteiger partial charge in [0.15, 0.2) is 9.84 Å². The van der Waals surface area contributed by atoms with Crippen LogP contribution in [0.15, 0.2) is 53.4 Å². The zero-order valence-corrected chi connectivity index (χ0v) is 14.6. The SMILES string of the molecule is CCc1ccc(CCC(=O)N2CCS(=O)(=O)c3ccccc32)cc1. The van der Waals surface area contributed by atoms with E-state index in [9.17, 15) is 13.2 Å². The standard InChI is InChI=1S/C19H21NO3S/c1-2-15-7-9-16(10-8-15)11-12-19(21)20-13-14-24(22,23)18-6-4-3-5-17(18)20/h3-10H,2,11-14H2,1H3. The van der Waals surface area contributed by atoms with Crippen molar-refractivity contribution in [3.8, 4) is 0 Å². The van der Waals surface area contributed by atoms with Gasteiger partial charge in [-0.15, -0.1) is 0 Å². The average Bonchev–Trinajstić information content (AvgIpc) is 2.60. The largest absolute Gasteiger partial charge is 0.310 e. The first-order valence-electron chi connectivity index (χ1n) is 8.21. The molecule has 3 rings (SSSR count). The second-order valence-electron chi connectivity index (χ2n) is 6.00. The molecule has 0 bridgehead atoms. The van der Waals surface area contributed by atoms with Crippen molar-refractivity contribution in [2.45, 2.75) is 31.1 Å². The highest BCUT2D eigenvalue weighted by Gasteiger charge is 2.30. The molecular formula is C19H21NO3S. The number of benzene rings is 2. The van der Waals surface area contributed by atoms with Gasteiger partial charge in [0.1, 0.15) is 0 Å².